The van der Waals surface area contributed by atoms with Crippen molar-refractivity contribution >= 4 is 5.82 Å². The van der Waals surface area contributed by atoms with Crippen LogP contribution in [-0.2, 0) is 24.5 Å². The Morgan fingerprint density at radius 2 is 1.81 bits per heavy atom. The smallest absolute Gasteiger partial charge is 0.163 e. The van der Waals surface area contributed by atoms with E-state index in [1.807, 2.05) is 11.1 Å². The Morgan fingerprint density at radius 1 is 1.00 bits per heavy atom. The zero-order valence-corrected chi connectivity index (χ0v) is 17.5. The van der Waals surface area contributed by atoms with Crippen molar-refractivity contribution < 1.29 is 13.5 Å². The number of aromatic nitrogens is 4. The van der Waals surface area contributed by atoms with Gasteiger partial charge >= 0.3 is 0 Å². The van der Waals surface area contributed by atoms with Crippen LogP contribution in [0, 0.1) is 11.6 Å². The molecule has 7 nitrogen and oxygen atoms in total. The Bertz CT molecular complexity index is 1090. The number of rotatable bonds is 4. The van der Waals surface area contributed by atoms with Crippen LogP contribution in [0.1, 0.15) is 25.0 Å². The topological polar surface area (TPSA) is 59.3 Å². The molecule has 9 heteroatoms. The van der Waals surface area contributed by atoms with Crippen LogP contribution in [0.25, 0.3) is 11.4 Å². The van der Waals surface area contributed by atoms with E-state index in [0.29, 0.717) is 18.8 Å². The molecule has 2 aromatic heterocycles. The Morgan fingerprint density at radius 3 is 2.58 bits per heavy atom. The number of benzene rings is 1. The van der Waals surface area contributed by atoms with E-state index < -0.39 is 11.6 Å². The molecule has 2 aliphatic heterocycles. The molecule has 1 saturated heterocycles. The molecule has 0 unspecified atom stereocenters. The third kappa shape index (κ3) is 4.03. The van der Waals surface area contributed by atoms with Crippen LogP contribution >= 0.6 is 0 Å². The summed E-state index contributed by atoms with van der Waals surface area (Å²) in [6, 6.07) is 6.06. The number of hydrogen-bond acceptors (Lipinski definition) is 6. The van der Waals surface area contributed by atoms with E-state index in [9.17, 15) is 8.78 Å². The highest BCUT2D eigenvalue weighted by Gasteiger charge is 2.27. The lowest BCUT2D eigenvalue weighted by Gasteiger charge is -2.35. The fraction of sp³-hybridized carbons (Fsp3) is 0.409. The lowest BCUT2D eigenvalue weighted by molar-refractivity contribution is -0.0705. The number of hydrogen-bond donors (Lipinski definition) is 0. The zero-order chi connectivity index (χ0) is 21.5. The molecule has 0 amide bonds. The molecule has 2 atom stereocenters. The van der Waals surface area contributed by atoms with Gasteiger partial charge in [0.1, 0.15) is 18.8 Å². The van der Waals surface area contributed by atoms with Gasteiger partial charge in [-0.05, 0) is 43.2 Å². The van der Waals surface area contributed by atoms with Crippen LogP contribution < -0.4 is 4.90 Å². The first-order valence-electron chi connectivity index (χ1n) is 10.4. The summed E-state index contributed by atoms with van der Waals surface area (Å²) in [6.45, 7) is 7.52. The van der Waals surface area contributed by atoms with E-state index >= 15 is 0 Å². The monoisotopic (exact) mass is 426 g/mol. The maximum atomic E-state index is 13.7. The summed E-state index contributed by atoms with van der Waals surface area (Å²) in [5.74, 6) is -0.184. The number of halogens is 2. The predicted molar refractivity (Wildman–Crippen MR) is 111 cm³/mol. The average Bonchev–Trinajstić information content (AvgIpc) is 3.19. The standard InChI is InChI=1S/C22H24F2N6O/c1-14-8-28(9-15(2)31-14)10-17-5-18-21(25-7-17)29(13-30-22(18)26-12-27-30)11-16-3-4-19(23)20(24)6-16/h3-7,12,14-15H,8-11,13H2,1-2H3/t14-,15+. The van der Waals surface area contributed by atoms with Gasteiger partial charge in [-0.3, -0.25) is 4.90 Å². The van der Waals surface area contributed by atoms with Crippen LogP contribution in [-0.4, -0.2) is 49.9 Å². The largest absolute Gasteiger partial charge is 0.373 e. The molecule has 3 aromatic rings. The fourth-order valence-electron chi connectivity index (χ4n) is 4.46. The van der Waals surface area contributed by atoms with Crippen LogP contribution in [0.4, 0.5) is 14.6 Å². The molecule has 0 radical (unpaired) electrons. The Kier molecular flexibility index (Phi) is 5.15. The van der Waals surface area contributed by atoms with Crippen LogP contribution in [0.5, 0.6) is 0 Å². The molecule has 4 heterocycles. The van der Waals surface area contributed by atoms with Crippen molar-refractivity contribution in [3.63, 3.8) is 0 Å². The highest BCUT2D eigenvalue weighted by atomic mass is 19.2. The van der Waals surface area contributed by atoms with Gasteiger partial charge in [-0.25, -0.2) is 23.4 Å². The van der Waals surface area contributed by atoms with E-state index in [4.69, 9.17) is 9.72 Å². The summed E-state index contributed by atoms with van der Waals surface area (Å²) in [7, 11) is 0. The van der Waals surface area contributed by atoms with Crippen molar-refractivity contribution in [3.05, 3.63) is 59.6 Å². The maximum Gasteiger partial charge on any atom is 0.163 e. The van der Waals surface area contributed by atoms with Crippen molar-refractivity contribution in [2.45, 2.75) is 45.8 Å². The number of pyridine rings is 1. The summed E-state index contributed by atoms with van der Waals surface area (Å²) >= 11 is 0. The van der Waals surface area contributed by atoms with Gasteiger partial charge in [0, 0.05) is 32.4 Å². The molecule has 0 spiro atoms. The molecular weight excluding hydrogens is 402 g/mol. The van der Waals surface area contributed by atoms with E-state index in [2.05, 4.69) is 34.9 Å². The quantitative estimate of drug-likeness (QED) is 0.639. The summed E-state index contributed by atoms with van der Waals surface area (Å²) in [4.78, 5) is 13.5. The Hall–Kier alpha value is -2.91. The van der Waals surface area contributed by atoms with Crippen molar-refractivity contribution in [2.24, 2.45) is 0 Å². The molecule has 1 fully saturated rings. The fourth-order valence-corrected chi connectivity index (χ4v) is 4.46. The second-order valence-corrected chi connectivity index (χ2v) is 8.34. The van der Waals surface area contributed by atoms with Gasteiger partial charge in [0.15, 0.2) is 17.5 Å². The van der Waals surface area contributed by atoms with Crippen LogP contribution in [0.15, 0.2) is 36.8 Å². The second kappa shape index (κ2) is 7.97. The van der Waals surface area contributed by atoms with Gasteiger partial charge < -0.3 is 9.64 Å². The van der Waals surface area contributed by atoms with Crippen molar-refractivity contribution in [3.8, 4) is 11.4 Å². The first kappa shape index (κ1) is 20.0. The number of fused-ring (bicyclic) bond motifs is 3. The SMILES string of the molecule is C[C@@H]1CN(Cc2cnc3c(c2)-c2ncnn2CN3Cc2ccc(F)c(F)c2)C[C@H](C)O1. The minimum absolute atomic E-state index is 0.198. The average molecular weight is 426 g/mol. The third-order valence-corrected chi connectivity index (χ3v) is 5.64. The molecule has 0 saturated carbocycles. The highest BCUT2D eigenvalue weighted by Crippen LogP contribution is 2.34. The van der Waals surface area contributed by atoms with E-state index in [1.54, 1.807) is 10.7 Å². The normalized spacial score (nSPS) is 21.1. The maximum absolute atomic E-state index is 13.7. The molecule has 2 aliphatic rings. The lowest BCUT2D eigenvalue weighted by Crippen LogP contribution is -2.44. The van der Waals surface area contributed by atoms with Gasteiger partial charge in [-0.1, -0.05) is 6.07 Å². The van der Waals surface area contributed by atoms with Gasteiger partial charge in [0.2, 0.25) is 0 Å². The Balaban J connectivity index is 1.43. The summed E-state index contributed by atoms with van der Waals surface area (Å²) in [5, 5.41) is 4.32. The predicted octanol–water partition coefficient (Wildman–Crippen LogP) is 3.21. The molecule has 5 rings (SSSR count). The number of ether oxygens (including phenoxy) is 1. The van der Waals surface area contributed by atoms with E-state index in [0.717, 1.165) is 48.5 Å². The summed E-state index contributed by atoms with van der Waals surface area (Å²) in [5.41, 5.74) is 2.64. The summed E-state index contributed by atoms with van der Waals surface area (Å²) < 4.78 is 34.7. The molecule has 0 N–H and O–H groups in total. The molecular formula is C22H24F2N6O. The number of anilines is 1. The van der Waals surface area contributed by atoms with E-state index in [1.165, 1.54) is 12.4 Å². The molecule has 0 bridgehead atoms. The molecule has 31 heavy (non-hydrogen) atoms. The van der Waals surface area contributed by atoms with Crippen molar-refractivity contribution in [2.75, 3.05) is 18.0 Å². The van der Waals surface area contributed by atoms with Crippen molar-refractivity contribution in [1.82, 2.24) is 24.6 Å². The molecule has 0 aliphatic carbocycles. The van der Waals surface area contributed by atoms with Crippen LogP contribution in [0.3, 0.4) is 0 Å². The highest BCUT2D eigenvalue weighted by molar-refractivity contribution is 5.73. The van der Waals surface area contributed by atoms with E-state index in [-0.39, 0.29) is 12.2 Å². The first-order chi connectivity index (χ1) is 15.0. The lowest BCUT2D eigenvalue weighted by atomic mass is 10.1. The first-order valence-corrected chi connectivity index (χ1v) is 10.4. The summed E-state index contributed by atoms with van der Waals surface area (Å²) in [6.07, 6.45) is 3.81. The van der Waals surface area contributed by atoms with Gasteiger partial charge in [-0.2, -0.15) is 5.10 Å². The number of nitrogens with zero attached hydrogens (tertiary/aromatic N) is 6. The van der Waals surface area contributed by atoms with Crippen LogP contribution in [0.2, 0.25) is 0 Å². The van der Waals surface area contributed by atoms with Gasteiger partial charge in [-0.15, -0.1) is 0 Å². The minimum Gasteiger partial charge on any atom is -0.373 e. The third-order valence-electron chi connectivity index (χ3n) is 5.64. The van der Waals surface area contributed by atoms with Crippen molar-refractivity contribution in [1.29, 1.82) is 0 Å². The molecule has 162 valence electrons. The Labute approximate surface area is 179 Å². The van der Waals surface area contributed by atoms with Gasteiger partial charge in [0.05, 0.1) is 17.8 Å². The minimum atomic E-state index is -0.853. The number of morpholine rings is 1. The zero-order valence-electron chi connectivity index (χ0n) is 17.5. The molecule has 1 aromatic carbocycles. The second-order valence-electron chi connectivity index (χ2n) is 8.34. The van der Waals surface area contributed by atoms with Gasteiger partial charge in [0.25, 0.3) is 0 Å².